The van der Waals surface area contributed by atoms with Gasteiger partial charge in [0.25, 0.3) is 0 Å². The number of nitrogens with zero attached hydrogens (tertiary/aromatic N) is 5. The average Bonchev–Trinajstić information content (AvgIpc) is 2.81. The molecule has 0 aliphatic carbocycles. The fraction of sp³-hybridized carbons (Fsp3) is 0.478. The van der Waals surface area contributed by atoms with Gasteiger partial charge in [0.05, 0.1) is 25.0 Å². The van der Waals surface area contributed by atoms with E-state index >= 15 is 0 Å². The summed E-state index contributed by atoms with van der Waals surface area (Å²) < 4.78 is 18.9. The van der Waals surface area contributed by atoms with Crippen LogP contribution in [-0.4, -0.2) is 73.4 Å². The molecular weight excluding hydrogens is 381 g/mol. The van der Waals surface area contributed by atoms with E-state index in [1.165, 1.54) is 18.1 Å². The van der Waals surface area contributed by atoms with Gasteiger partial charge in [0.15, 0.2) is 5.82 Å². The largest absolute Gasteiger partial charge is 0.369 e. The van der Waals surface area contributed by atoms with Gasteiger partial charge in [-0.25, -0.2) is 14.4 Å². The highest BCUT2D eigenvalue weighted by atomic mass is 19.1. The second kappa shape index (κ2) is 10.4. The molecule has 1 aromatic carbocycles. The quantitative estimate of drug-likeness (QED) is 0.707. The van der Waals surface area contributed by atoms with Gasteiger partial charge < -0.3 is 14.5 Å². The summed E-state index contributed by atoms with van der Waals surface area (Å²) in [6.45, 7) is 7.05. The molecule has 158 valence electrons. The van der Waals surface area contributed by atoms with Gasteiger partial charge >= 0.3 is 0 Å². The average molecular weight is 410 g/mol. The van der Waals surface area contributed by atoms with E-state index in [1.807, 2.05) is 0 Å². The van der Waals surface area contributed by atoms with Crippen LogP contribution in [0.3, 0.4) is 0 Å². The van der Waals surface area contributed by atoms with Crippen molar-refractivity contribution in [1.82, 2.24) is 14.9 Å². The number of hydrogen-bond acceptors (Lipinski definition) is 6. The molecule has 30 heavy (non-hydrogen) atoms. The normalized spacial score (nSPS) is 18.2. The third-order valence-electron chi connectivity index (χ3n) is 5.64. The lowest BCUT2D eigenvalue weighted by molar-refractivity contribution is 0.0592. The van der Waals surface area contributed by atoms with E-state index in [0.717, 1.165) is 58.7 Å². The van der Waals surface area contributed by atoms with Crippen molar-refractivity contribution < 1.29 is 9.13 Å². The summed E-state index contributed by atoms with van der Waals surface area (Å²) in [6, 6.07) is 10.6. The zero-order valence-electron chi connectivity index (χ0n) is 17.2. The minimum absolute atomic E-state index is 0.213. The maximum Gasteiger partial charge on any atom is 0.225 e. The first-order valence-electron chi connectivity index (χ1n) is 10.6. The topological polar surface area (TPSA) is 44.7 Å². The maximum absolute atomic E-state index is 12.9. The Morgan fingerprint density at radius 2 is 1.60 bits per heavy atom. The molecule has 0 atom stereocenters. The molecule has 0 spiro atoms. The summed E-state index contributed by atoms with van der Waals surface area (Å²) in [7, 11) is 0. The van der Waals surface area contributed by atoms with Gasteiger partial charge in [-0.05, 0) is 25.0 Å². The van der Waals surface area contributed by atoms with Crippen LogP contribution in [0.2, 0.25) is 0 Å². The summed E-state index contributed by atoms with van der Waals surface area (Å²) in [5.74, 6) is 6.60. The first-order valence-corrected chi connectivity index (χ1v) is 10.6. The first kappa shape index (κ1) is 20.6. The van der Waals surface area contributed by atoms with E-state index in [9.17, 15) is 4.39 Å². The molecule has 2 aromatic rings. The molecule has 4 rings (SSSR count). The van der Waals surface area contributed by atoms with Crippen molar-refractivity contribution in [2.24, 2.45) is 0 Å². The van der Waals surface area contributed by atoms with E-state index in [2.05, 4.69) is 66.8 Å². The van der Waals surface area contributed by atoms with Crippen LogP contribution in [0, 0.1) is 17.7 Å². The number of ether oxygens (including phenoxy) is 1. The fourth-order valence-corrected chi connectivity index (χ4v) is 3.87. The monoisotopic (exact) mass is 409 g/mol. The smallest absolute Gasteiger partial charge is 0.225 e. The van der Waals surface area contributed by atoms with Gasteiger partial charge in [0, 0.05) is 45.0 Å². The Morgan fingerprint density at radius 1 is 0.900 bits per heavy atom. The van der Waals surface area contributed by atoms with E-state index in [0.29, 0.717) is 12.6 Å². The Kier molecular flexibility index (Phi) is 7.11. The summed E-state index contributed by atoms with van der Waals surface area (Å²) >= 11 is 0. The van der Waals surface area contributed by atoms with Crippen LogP contribution >= 0.6 is 0 Å². The Balaban J connectivity index is 1.11. The molecule has 0 radical (unpaired) electrons. The Bertz CT molecular complexity index is 835. The number of piperazine rings is 1. The Labute approximate surface area is 177 Å². The van der Waals surface area contributed by atoms with E-state index in [1.54, 1.807) is 0 Å². The van der Waals surface area contributed by atoms with Crippen molar-refractivity contribution in [2.75, 3.05) is 62.2 Å². The number of piperidine rings is 1. The highest BCUT2D eigenvalue weighted by molar-refractivity contribution is 5.46. The minimum atomic E-state index is -0.409. The zero-order valence-corrected chi connectivity index (χ0v) is 17.2. The van der Waals surface area contributed by atoms with Crippen LogP contribution in [0.1, 0.15) is 12.8 Å². The molecule has 0 unspecified atom stereocenters. The highest BCUT2D eigenvalue weighted by Gasteiger charge is 2.21. The van der Waals surface area contributed by atoms with Gasteiger partial charge in [0.2, 0.25) is 5.95 Å². The van der Waals surface area contributed by atoms with E-state index in [4.69, 9.17) is 4.74 Å². The number of benzene rings is 1. The number of hydrogen-bond donors (Lipinski definition) is 0. The summed E-state index contributed by atoms with van der Waals surface area (Å²) in [5, 5.41) is 0. The lowest BCUT2D eigenvalue weighted by Gasteiger charge is -2.35. The molecule has 0 amide bonds. The number of halogens is 1. The molecule has 2 fully saturated rings. The summed E-state index contributed by atoms with van der Waals surface area (Å²) in [4.78, 5) is 15.0. The molecule has 0 saturated carbocycles. The van der Waals surface area contributed by atoms with Crippen LogP contribution in [0.4, 0.5) is 16.0 Å². The predicted octanol–water partition coefficient (Wildman–Crippen LogP) is 2.43. The van der Waals surface area contributed by atoms with Gasteiger partial charge in [-0.3, -0.25) is 4.90 Å². The fourth-order valence-electron chi connectivity index (χ4n) is 3.87. The molecule has 0 N–H and O–H groups in total. The lowest BCUT2D eigenvalue weighted by Crippen LogP contribution is -2.46. The predicted molar refractivity (Wildman–Crippen MR) is 116 cm³/mol. The molecule has 2 aliphatic heterocycles. The lowest BCUT2D eigenvalue weighted by atomic mass is 10.1. The number of rotatable bonds is 5. The molecule has 7 heteroatoms. The van der Waals surface area contributed by atoms with Crippen LogP contribution < -0.4 is 9.80 Å². The number of para-hydroxylation sites is 1. The third-order valence-corrected chi connectivity index (χ3v) is 5.64. The second-order valence-corrected chi connectivity index (χ2v) is 7.65. The highest BCUT2D eigenvalue weighted by Crippen LogP contribution is 2.18. The zero-order chi connectivity index (χ0) is 20.6. The van der Waals surface area contributed by atoms with Crippen LogP contribution in [0.15, 0.2) is 42.7 Å². The molecule has 2 saturated heterocycles. The molecule has 3 heterocycles. The van der Waals surface area contributed by atoms with Crippen molar-refractivity contribution in [1.29, 1.82) is 0 Å². The van der Waals surface area contributed by atoms with Gasteiger partial charge in [0.1, 0.15) is 6.61 Å². The second-order valence-electron chi connectivity index (χ2n) is 7.65. The maximum atomic E-state index is 12.9. The molecule has 0 bridgehead atoms. The standard InChI is InChI=1S/C23H28FN5O/c24-20-18-25-23(26-19-20)29-11-8-22(9-12-29)30-17-5-4-10-27-13-15-28(16-14-27)21-6-2-1-3-7-21/h1-3,6-7,18-19,22H,8-17H2. The van der Waals surface area contributed by atoms with E-state index in [-0.39, 0.29) is 6.10 Å². The minimum Gasteiger partial charge on any atom is -0.369 e. The van der Waals surface area contributed by atoms with Crippen molar-refractivity contribution in [3.8, 4) is 11.8 Å². The first-order chi connectivity index (χ1) is 14.8. The van der Waals surface area contributed by atoms with Crippen LogP contribution in [0.5, 0.6) is 0 Å². The van der Waals surface area contributed by atoms with Crippen molar-refractivity contribution in [3.63, 3.8) is 0 Å². The Morgan fingerprint density at radius 3 is 2.30 bits per heavy atom. The van der Waals surface area contributed by atoms with E-state index < -0.39 is 5.82 Å². The van der Waals surface area contributed by atoms with Crippen molar-refractivity contribution in [2.45, 2.75) is 18.9 Å². The summed E-state index contributed by atoms with van der Waals surface area (Å²) in [6.07, 6.45) is 4.45. The molecule has 6 nitrogen and oxygen atoms in total. The van der Waals surface area contributed by atoms with Crippen molar-refractivity contribution >= 4 is 11.6 Å². The van der Waals surface area contributed by atoms with Crippen LogP contribution in [-0.2, 0) is 4.74 Å². The third kappa shape index (κ3) is 5.68. The summed E-state index contributed by atoms with van der Waals surface area (Å²) in [5.41, 5.74) is 1.30. The molecule has 1 aromatic heterocycles. The van der Waals surface area contributed by atoms with Gasteiger partial charge in [-0.15, -0.1) is 0 Å². The Hall–Kier alpha value is -2.69. The molecule has 2 aliphatic rings. The number of anilines is 2. The van der Waals surface area contributed by atoms with Gasteiger partial charge in [-0.1, -0.05) is 30.0 Å². The van der Waals surface area contributed by atoms with Gasteiger partial charge in [-0.2, -0.15) is 0 Å². The molecular formula is C23H28FN5O. The van der Waals surface area contributed by atoms with Crippen molar-refractivity contribution in [3.05, 3.63) is 48.5 Å². The number of aromatic nitrogens is 2. The SMILES string of the molecule is Fc1cnc(N2CCC(OCC#CCN3CCN(c4ccccc4)CC3)CC2)nc1. The van der Waals surface area contributed by atoms with Crippen LogP contribution in [0.25, 0.3) is 0 Å².